The van der Waals surface area contributed by atoms with Gasteiger partial charge in [-0.3, -0.25) is 0 Å². The Bertz CT molecular complexity index is 228. The van der Waals surface area contributed by atoms with E-state index >= 15 is 0 Å². The second-order valence-electron chi connectivity index (χ2n) is 2.20. The quantitative estimate of drug-likeness (QED) is 0.782. The van der Waals surface area contributed by atoms with E-state index in [1.165, 1.54) is 6.92 Å². The van der Waals surface area contributed by atoms with Gasteiger partial charge in [-0.05, 0) is 13.5 Å². The van der Waals surface area contributed by atoms with E-state index in [-0.39, 0.29) is 18.3 Å². The van der Waals surface area contributed by atoms with Crippen LogP contribution in [0.4, 0.5) is 4.39 Å². The van der Waals surface area contributed by atoms with Gasteiger partial charge in [-0.1, -0.05) is 5.16 Å². The van der Waals surface area contributed by atoms with E-state index < -0.39 is 6.17 Å². The van der Waals surface area contributed by atoms with Crippen molar-refractivity contribution in [3.05, 3.63) is 11.7 Å². The number of rotatable bonds is 3. The highest BCUT2D eigenvalue weighted by Gasteiger charge is 2.11. The molecule has 2 N–H and O–H groups in total. The lowest BCUT2D eigenvalue weighted by atomic mass is 10.4. The summed E-state index contributed by atoms with van der Waals surface area (Å²) in [5.41, 5.74) is 5.23. The predicted octanol–water partition coefficient (Wildman–Crippen LogP) is 1.02. The molecule has 0 aliphatic rings. The molecule has 1 unspecified atom stereocenters. The Hall–Kier alpha value is -0.680. The van der Waals surface area contributed by atoms with Crippen LogP contribution in [0.15, 0.2) is 4.52 Å². The molecule has 1 atom stereocenters. The number of alkyl halides is 1. The lowest BCUT2D eigenvalue weighted by Gasteiger charge is -1.88. The first-order valence-electron chi connectivity index (χ1n) is 3.40. The molecule has 1 aromatic rings. The normalized spacial score (nSPS) is 12.2. The van der Waals surface area contributed by atoms with Gasteiger partial charge in [0.15, 0.2) is 12.0 Å². The third-order valence-corrected chi connectivity index (χ3v) is 1.19. The molecule has 70 valence electrons. The van der Waals surface area contributed by atoms with Gasteiger partial charge in [0.25, 0.3) is 5.89 Å². The highest BCUT2D eigenvalue weighted by molar-refractivity contribution is 5.85. The van der Waals surface area contributed by atoms with Crippen LogP contribution in [0.25, 0.3) is 0 Å². The Balaban J connectivity index is 0.00000121. The highest BCUT2D eigenvalue weighted by atomic mass is 35.5. The van der Waals surface area contributed by atoms with Crippen molar-refractivity contribution in [3.8, 4) is 0 Å². The molecule has 0 radical (unpaired) electrons. The average molecular weight is 196 g/mol. The molecule has 6 heteroatoms. The fourth-order valence-electron chi connectivity index (χ4n) is 0.660. The zero-order valence-electron chi connectivity index (χ0n) is 6.66. The summed E-state index contributed by atoms with van der Waals surface area (Å²) in [5.74, 6) is 0.487. The SMILES string of the molecule is CC(F)c1nc(CCN)no1.Cl. The number of nitrogens with zero attached hydrogens (tertiary/aromatic N) is 2. The zero-order valence-corrected chi connectivity index (χ0v) is 7.47. The third kappa shape index (κ3) is 2.75. The van der Waals surface area contributed by atoms with Gasteiger partial charge in [0.1, 0.15) is 0 Å². The first-order chi connectivity index (χ1) is 5.24. The van der Waals surface area contributed by atoms with Crippen molar-refractivity contribution in [3.63, 3.8) is 0 Å². The van der Waals surface area contributed by atoms with Crippen molar-refractivity contribution in [2.24, 2.45) is 5.73 Å². The summed E-state index contributed by atoms with van der Waals surface area (Å²) < 4.78 is 17.0. The minimum absolute atomic E-state index is 0. The second-order valence-corrected chi connectivity index (χ2v) is 2.20. The summed E-state index contributed by atoms with van der Waals surface area (Å²) in [6.07, 6.45) is -0.676. The molecular weight excluding hydrogens is 185 g/mol. The number of nitrogens with two attached hydrogens (primary N) is 1. The molecule has 12 heavy (non-hydrogen) atoms. The number of hydrogen-bond acceptors (Lipinski definition) is 4. The summed E-state index contributed by atoms with van der Waals surface area (Å²) >= 11 is 0. The summed E-state index contributed by atoms with van der Waals surface area (Å²) in [7, 11) is 0. The third-order valence-electron chi connectivity index (χ3n) is 1.19. The molecule has 0 saturated carbocycles. The molecule has 1 aromatic heterocycles. The maximum absolute atomic E-state index is 12.5. The van der Waals surface area contributed by atoms with Gasteiger partial charge in [0, 0.05) is 6.42 Å². The van der Waals surface area contributed by atoms with Crippen molar-refractivity contribution >= 4 is 12.4 Å². The fraction of sp³-hybridized carbons (Fsp3) is 0.667. The number of hydrogen-bond donors (Lipinski definition) is 1. The second kappa shape index (κ2) is 5.05. The summed E-state index contributed by atoms with van der Waals surface area (Å²) in [6.45, 7) is 1.79. The summed E-state index contributed by atoms with van der Waals surface area (Å²) in [5, 5.41) is 3.52. The van der Waals surface area contributed by atoms with Crippen LogP contribution in [0.5, 0.6) is 0 Å². The van der Waals surface area contributed by atoms with Crippen molar-refractivity contribution < 1.29 is 8.91 Å². The Morgan fingerprint density at radius 1 is 1.67 bits per heavy atom. The predicted molar refractivity (Wildman–Crippen MR) is 43.8 cm³/mol. The smallest absolute Gasteiger partial charge is 0.260 e. The maximum Gasteiger partial charge on any atom is 0.260 e. The highest BCUT2D eigenvalue weighted by Crippen LogP contribution is 2.12. The van der Waals surface area contributed by atoms with Crippen LogP contribution in [0.3, 0.4) is 0 Å². The van der Waals surface area contributed by atoms with E-state index in [1.807, 2.05) is 0 Å². The van der Waals surface area contributed by atoms with E-state index in [1.54, 1.807) is 0 Å². The summed E-state index contributed by atoms with van der Waals surface area (Å²) in [4.78, 5) is 3.77. The van der Waals surface area contributed by atoms with Gasteiger partial charge in [-0.15, -0.1) is 12.4 Å². The lowest BCUT2D eigenvalue weighted by molar-refractivity contribution is 0.264. The van der Waals surface area contributed by atoms with Crippen molar-refractivity contribution in [1.29, 1.82) is 0 Å². The van der Waals surface area contributed by atoms with E-state index in [4.69, 9.17) is 5.73 Å². The largest absolute Gasteiger partial charge is 0.336 e. The Labute approximate surface area is 75.7 Å². The minimum atomic E-state index is -1.20. The van der Waals surface area contributed by atoms with Gasteiger partial charge in [0.2, 0.25) is 0 Å². The molecule has 4 nitrogen and oxygen atoms in total. The molecule has 0 saturated heterocycles. The molecule has 0 amide bonds. The Morgan fingerprint density at radius 2 is 2.33 bits per heavy atom. The molecule has 1 rings (SSSR count). The molecule has 0 spiro atoms. The van der Waals surface area contributed by atoms with Gasteiger partial charge in [0.05, 0.1) is 0 Å². The van der Waals surface area contributed by atoms with Crippen LogP contribution in [-0.4, -0.2) is 16.7 Å². The van der Waals surface area contributed by atoms with Gasteiger partial charge in [-0.25, -0.2) is 4.39 Å². The van der Waals surface area contributed by atoms with Crippen LogP contribution < -0.4 is 5.73 Å². The molecule has 0 aliphatic carbocycles. The average Bonchev–Trinajstić information content (AvgIpc) is 2.37. The minimum Gasteiger partial charge on any atom is -0.336 e. The van der Waals surface area contributed by atoms with Crippen molar-refractivity contribution in [1.82, 2.24) is 10.1 Å². The van der Waals surface area contributed by atoms with Crippen LogP contribution in [0.2, 0.25) is 0 Å². The first kappa shape index (κ1) is 11.3. The zero-order chi connectivity index (χ0) is 8.27. The lowest BCUT2D eigenvalue weighted by Crippen LogP contribution is -2.04. The monoisotopic (exact) mass is 195 g/mol. The molecule has 0 fully saturated rings. The van der Waals surface area contributed by atoms with E-state index in [0.29, 0.717) is 18.8 Å². The molecule has 1 heterocycles. The number of aromatic nitrogens is 2. The summed E-state index contributed by atoms with van der Waals surface area (Å²) in [6, 6.07) is 0. The van der Waals surface area contributed by atoms with Gasteiger partial charge in [-0.2, -0.15) is 4.98 Å². The Kier molecular flexibility index (Phi) is 4.77. The van der Waals surface area contributed by atoms with Gasteiger partial charge < -0.3 is 10.3 Å². The topological polar surface area (TPSA) is 64.9 Å². The molecular formula is C6H11ClFN3O. The van der Waals surface area contributed by atoms with E-state index in [0.717, 1.165) is 0 Å². The fourth-order valence-corrected chi connectivity index (χ4v) is 0.660. The Morgan fingerprint density at radius 3 is 2.75 bits per heavy atom. The van der Waals surface area contributed by atoms with Crippen molar-refractivity contribution in [2.75, 3.05) is 6.54 Å². The van der Waals surface area contributed by atoms with E-state index in [2.05, 4.69) is 14.7 Å². The van der Waals surface area contributed by atoms with Crippen LogP contribution in [-0.2, 0) is 6.42 Å². The van der Waals surface area contributed by atoms with E-state index in [9.17, 15) is 4.39 Å². The van der Waals surface area contributed by atoms with Crippen LogP contribution in [0, 0.1) is 0 Å². The van der Waals surface area contributed by atoms with Gasteiger partial charge >= 0.3 is 0 Å². The molecule has 0 aliphatic heterocycles. The molecule has 0 aromatic carbocycles. The number of halogens is 2. The van der Waals surface area contributed by atoms with Crippen LogP contribution in [0.1, 0.15) is 24.8 Å². The van der Waals surface area contributed by atoms with Crippen LogP contribution >= 0.6 is 12.4 Å². The first-order valence-corrected chi connectivity index (χ1v) is 3.40. The van der Waals surface area contributed by atoms with Crippen molar-refractivity contribution in [2.45, 2.75) is 19.5 Å². The molecule has 0 bridgehead atoms. The standard InChI is InChI=1S/C6H10FN3O.ClH/c1-4(7)6-9-5(2-3-8)10-11-6;/h4H,2-3,8H2,1H3;1H. The maximum atomic E-state index is 12.5.